The highest BCUT2D eigenvalue weighted by atomic mass is 19.3. The molecule has 168 valence electrons. The Balaban J connectivity index is 1.36. The van der Waals surface area contributed by atoms with Crippen molar-refractivity contribution in [3.8, 4) is 17.1 Å². The number of carbonyl (C=O) groups is 1. The molecule has 2 saturated carbocycles. The number of ether oxygens (including phenoxy) is 2. The lowest BCUT2D eigenvalue weighted by Crippen LogP contribution is -2.30. The van der Waals surface area contributed by atoms with Gasteiger partial charge in [-0.05, 0) is 37.8 Å². The van der Waals surface area contributed by atoms with Gasteiger partial charge in [-0.1, -0.05) is 11.6 Å². The first-order valence-corrected chi connectivity index (χ1v) is 10.6. The van der Waals surface area contributed by atoms with Crippen molar-refractivity contribution in [2.24, 2.45) is 13.0 Å². The Morgan fingerprint density at radius 3 is 2.68 bits per heavy atom. The zero-order chi connectivity index (χ0) is 22.0. The first-order chi connectivity index (χ1) is 14.8. The second-order valence-electron chi connectivity index (χ2n) is 8.36. The zero-order valence-electron chi connectivity index (χ0n) is 17.8. The predicted molar refractivity (Wildman–Crippen MR) is 108 cm³/mol. The van der Waals surface area contributed by atoms with E-state index in [-0.39, 0.29) is 25.7 Å². The molecule has 0 bridgehead atoms. The van der Waals surface area contributed by atoms with Crippen LogP contribution in [0.2, 0.25) is 0 Å². The summed E-state index contributed by atoms with van der Waals surface area (Å²) in [5.41, 5.74) is 1.64. The van der Waals surface area contributed by atoms with Crippen LogP contribution >= 0.6 is 0 Å². The maximum Gasteiger partial charge on any atom is 0.409 e. The molecule has 0 saturated heterocycles. The number of hydrogen-bond donors (Lipinski definition) is 0. The molecular weight excluding hydrogens is 408 g/mol. The van der Waals surface area contributed by atoms with Crippen LogP contribution < -0.4 is 4.74 Å². The first kappa shape index (κ1) is 21.5. The fourth-order valence-corrected chi connectivity index (χ4v) is 3.82. The van der Waals surface area contributed by atoms with Gasteiger partial charge in [0.05, 0.1) is 18.0 Å². The van der Waals surface area contributed by atoms with Gasteiger partial charge in [-0.25, -0.2) is 18.3 Å². The SMILES string of the molecule is CN(CC1CC1(F)F)C(=O)OCc1c(-c2ccc(OC3CCCCC3)cn2)nnn1C. The minimum absolute atomic E-state index is 0.0354. The van der Waals surface area contributed by atoms with Gasteiger partial charge in [0.2, 0.25) is 0 Å². The Morgan fingerprint density at radius 1 is 1.29 bits per heavy atom. The molecule has 31 heavy (non-hydrogen) atoms. The molecule has 0 aromatic carbocycles. The molecule has 2 heterocycles. The highest BCUT2D eigenvalue weighted by Crippen LogP contribution is 2.48. The van der Waals surface area contributed by atoms with Gasteiger partial charge in [-0.2, -0.15) is 0 Å². The number of carbonyl (C=O) groups excluding carboxylic acids is 1. The number of rotatable bonds is 7. The molecule has 4 rings (SSSR count). The Morgan fingerprint density at radius 2 is 2.03 bits per heavy atom. The van der Waals surface area contributed by atoms with E-state index in [2.05, 4.69) is 15.3 Å². The van der Waals surface area contributed by atoms with Crippen LogP contribution in [0.25, 0.3) is 11.4 Å². The molecular formula is C21H27F2N5O3. The summed E-state index contributed by atoms with van der Waals surface area (Å²) in [7, 11) is 3.14. The van der Waals surface area contributed by atoms with Crippen LogP contribution in [-0.2, 0) is 18.4 Å². The topological polar surface area (TPSA) is 82.4 Å². The second kappa shape index (κ2) is 8.76. The van der Waals surface area contributed by atoms with Gasteiger partial charge in [0.15, 0.2) is 0 Å². The number of amides is 1. The summed E-state index contributed by atoms with van der Waals surface area (Å²) < 4.78 is 38.9. The van der Waals surface area contributed by atoms with Crippen LogP contribution in [0.4, 0.5) is 13.6 Å². The van der Waals surface area contributed by atoms with E-state index in [4.69, 9.17) is 9.47 Å². The van der Waals surface area contributed by atoms with Crippen LogP contribution in [0.5, 0.6) is 5.75 Å². The lowest BCUT2D eigenvalue weighted by Gasteiger charge is -2.22. The van der Waals surface area contributed by atoms with Crippen molar-refractivity contribution in [2.45, 2.75) is 57.2 Å². The third-order valence-electron chi connectivity index (χ3n) is 5.87. The van der Waals surface area contributed by atoms with Crippen molar-refractivity contribution in [3.05, 3.63) is 24.0 Å². The molecule has 2 aromatic heterocycles. The van der Waals surface area contributed by atoms with Crippen molar-refractivity contribution < 1.29 is 23.0 Å². The van der Waals surface area contributed by atoms with Crippen molar-refractivity contribution in [3.63, 3.8) is 0 Å². The molecule has 2 fully saturated rings. The lowest BCUT2D eigenvalue weighted by atomic mass is 9.98. The summed E-state index contributed by atoms with van der Waals surface area (Å²) >= 11 is 0. The number of hydrogen-bond acceptors (Lipinski definition) is 6. The second-order valence-corrected chi connectivity index (χ2v) is 8.36. The van der Waals surface area contributed by atoms with Gasteiger partial charge in [0, 0.05) is 33.0 Å². The highest BCUT2D eigenvalue weighted by molar-refractivity contribution is 5.67. The molecule has 1 amide bonds. The number of nitrogens with zero attached hydrogens (tertiary/aromatic N) is 5. The van der Waals surface area contributed by atoms with Gasteiger partial charge in [0.25, 0.3) is 5.92 Å². The third-order valence-corrected chi connectivity index (χ3v) is 5.87. The van der Waals surface area contributed by atoms with Gasteiger partial charge >= 0.3 is 6.09 Å². The average Bonchev–Trinajstić information content (AvgIpc) is 3.18. The number of halogens is 2. The molecule has 8 nitrogen and oxygen atoms in total. The maximum atomic E-state index is 13.1. The zero-order valence-corrected chi connectivity index (χ0v) is 17.8. The van der Waals surface area contributed by atoms with E-state index >= 15 is 0 Å². The number of pyridine rings is 1. The summed E-state index contributed by atoms with van der Waals surface area (Å²) in [4.78, 5) is 17.8. The van der Waals surface area contributed by atoms with Crippen LogP contribution in [0, 0.1) is 5.92 Å². The Hall–Kier alpha value is -2.78. The molecule has 0 radical (unpaired) electrons. The number of aromatic nitrogens is 4. The maximum absolute atomic E-state index is 13.1. The molecule has 0 N–H and O–H groups in total. The molecule has 0 spiro atoms. The smallest absolute Gasteiger partial charge is 0.409 e. The van der Waals surface area contributed by atoms with Crippen molar-refractivity contribution >= 4 is 6.09 Å². The third kappa shape index (κ3) is 5.11. The van der Waals surface area contributed by atoms with Crippen LogP contribution in [0.1, 0.15) is 44.2 Å². The normalized spacial score (nSPS) is 20.3. The summed E-state index contributed by atoms with van der Waals surface area (Å²) in [5, 5.41) is 8.14. The first-order valence-electron chi connectivity index (χ1n) is 10.6. The molecule has 10 heteroatoms. The molecule has 1 atom stereocenters. The van der Waals surface area contributed by atoms with E-state index in [1.54, 1.807) is 19.3 Å². The standard InChI is InChI=1S/C21H27F2N5O3/c1-27(12-14-10-21(14,22)23)20(29)30-13-18-19(25-26-28(18)2)17-9-8-16(11-24-17)31-15-6-4-3-5-7-15/h8-9,11,14-15H,3-7,10,12-13H2,1-2H3. The van der Waals surface area contributed by atoms with Crippen molar-refractivity contribution in [2.75, 3.05) is 13.6 Å². The number of alkyl halides is 2. The molecule has 2 aromatic rings. The van der Waals surface area contributed by atoms with Crippen molar-refractivity contribution in [1.29, 1.82) is 0 Å². The molecule has 2 aliphatic rings. The van der Waals surface area contributed by atoms with Gasteiger partial charge in [-0.15, -0.1) is 5.10 Å². The van der Waals surface area contributed by atoms with Crippen molar-refractivity contribution in [1.82, 2.24) is 24.9 Å². The highest BCUT2D eigenvalue weighted by Gasteiger charge is 2.57. The van der Waals surface area contributed by atoms with Crippen LogP contribution in [-0.4, -0.2) is 56.6 Å². The summed E-state index contributed by atoms with van der Waals surface area (Å²) in [6.07, 6.45) is 6.82. The minimum Gasteiger partial charge on any atom is -0.489 e. The Bertz CT molecular complexity index is 912. The van der Waals surface area contributed by atoms with Crippen LogP contribution in [0.15, 0.2) is 18.3 Å². The molecule has 1 unspecified atom stereocenters. The number of aryl methyl sites for hydroxylation is 1. The monoisotopic (exact) mass is 435 g/mol. The lowest BCUT2D eigenvalue weighted by molar-refractivity contribution is 0.0772. The minimum atomic E-state index is -2.67. The van der Waals surface area contributed by atoms with E-state index < -0.39 is 17.9 Å². The Labute approximate surface area is 179 Å². The van der Waals surface area contributed by atoms with Gasteiger partial charge in [0.1, 0.15) is 23.7 Å². The van der Waals surface area contributed by atoms with Crippen LogP contribution in [0.3, 0.4) is 0 Å². The van der Waals surface area contributed by atoms with E-state index in [1.165, 1.54) is 35.9 Å². The van der Waals surface area contributed by atoms with Gasteiger partial charge in [-0.3, -0.25) is 4.98 Å². The van der Waals surface area contributed by atoms with Gasteiger partial charge < -0.3 is 14.4 Å². The quantitative estimate of drug-likeness (QED) is 0.658. The Kier molecular flexibility index (Phi) is 6.06. The summed E-state index contributed by atoms with van der Waals surface area (Å²) in [5.74, 6) is -2.75. The predicted octanol–water partition coefficient (Wildman–Crippen LogP) is 3.81. The summed E-state index contributed by atoms with van der Waals surface area (Å²) in [6, 6.07) is 3.65. The molecule has 0 aliphatic heterocycles. The average molecular weight is 435 g/mol. The van der Waals surface area contributed by atoms with E-state index in [1.807, 2.05) is 6.07 Å². The largest absolute Gasteiger partial charge is 0.489 e. The van der Waals surface area contributed by atoms with E-state index in [9.17, 15) is 13.6 Å². The fourth-order valence-electron chi connectivity index (χ4n) is 3.82. The van der Waals surface area contributed by atoms with E-state index in [0.29, 0.717) is 22.8 Å². The molecule has 2 aliphatic carbocycles. The summed E-state index contributed by atoms with van der Waals surface area (Å²) in [6.45, 7) is -0.128. The fraction of sp³-hybridized carbons (Fsp3) is 0.619. The van der Waals surface area contributed by atoms with E-state index in [0.717, 1.165) is 12.8 Å².